The van der Waals surface area contributed by atoms with Crippen molar-refractivity contribution in [1.82, 2.24) is 4.98 Å². The van der Waals surface area contributed by atoms with E-state index in [1.54, 1.807) is 13.0 Å². The summed E-state index contributed by atoms with van der Waals surface area (Å²) in [4.78, 5) is 16.8. The molecule has 1 aromatic rings. The van der Waals surface area contributed by atoms with Crippen molar-refractivity contribution in [3.8, 4) is 0 Å². The van der Waals surface area contributed by atoms with Gasteiger partial charge in [-0.25, -0.2) is 4.98 Å². The number of nitro groups is 1. The molecule has 0 aliphatic carbocycles. The van der Waals surface area contributed by atoms with Crippen LogP contribution >= 0.6 is 0 Å². The van der Waals surface area contributed by atoms with Crippen molar-refractivity contribution in [1.29, 1.82) is 0 Å². The molecule has 1 atom stereocenters. The number of ether oxygens (including phenoxy) is 2. The maximum absolute atomic E-state index is 10.8. The molecule has 7 heteroatoms. The van der Waals surface area contributed by atoms with Crippen LogP contribution < -0.4 is 4.90 Å². The summed E-state index contributed by atoms with van der Waals surface area (Å²) in [6, 6.07) is 1.77. The third-order valence-corrected chi connectivity index (χ3v) is 4.11. The molecule has 1 aromatic heterocycles. The average Bonchev–Trinajstić information content (AvgIpc) is 2.80. The second-order valence-electron chi connectivity index (χ2n) is 5.72. The smallest absolute Gasteiger partial charge is 0.290 e. The van der Waals surface area contributed by atoms with E-state index in [4.69, 9.17) is 9.47 Å². The molecule has 0 radical (unpaired) electrons. The summed E-state index contributed by atoms with van der Waals surface area (Å²) in [6.07, 6.45) is 3.06. The normalized spacial score (nSPS) is 24.5. The van der Waals surface area contributed by atoms with Crippen LogP contribution in [0.1, 0.15) is 25.3 Å². The Bertz CT molecular complexity index is 555. The highest BCUT2D eigenvalue weighted by Crippen LogP contribution is 2.35. The number of hydrogen-bond donors (Lipinski definition) is 0. The molecule has 21 heavy (non-hydrogen) atoms. The number of nitrogens with zero attached hydrogens (tertiary/aromatic N) is 3. The first kappa shape index (κ1) is 14.2. The quantitative estimate of drug-likeness (QED) is 0.613. The first-order chi connectivity index (χ1) is 9.99. The predicted molar refractivity (Wildman–Crippen MR) is 76.3 cm³/mol. The fourth-order valence-electron chi connectivity index (χ4n) is 2.94. The molecule has 2 fully saturated rings. The lowest BCUT2D eigenvalue weighted by Gasteiger charge is -2.38. The summed E-state index contributed by atoms with van der Waals surface area (Å²) in [7, 11) is 0. The van der Waals surface area contributed by atoms with Crippen molar-refractivity contribution in [2.45, 2.75) is 38.6 Å². The van der Waals surface area contributed by atoms with Gasteiger partial charge >= 0.3 is 0 Å². The molecular weight excluding hydrogens is 274 g/mol. The van der Waals surface area contributed by atoms with Gasteiger partial charge < -0.3 is 14.4 Å². The standard InChI is InChI=1S/C14H19N3O4/c1-10-7-13(15-8-12(10)17(18)19)16-5-3-14(4-6-16)20-9-11(2)21-14/h7-8,11H,3-6,9H2,1-2H3. The van der Waals surface area contributed by atoms with Gasteiger partial charge in [0.2, 0.25) is 0 Å². The first-order valence-corrected chi connectivity index (χ1v) is 7.17. The Morgan fingerprint density at radius 3 is 2.71 bits per heavy atom. The zero-order valence-corrected chi connectivity index (χ0v) is 12.2. The van der Waals surface area contributed by atoms with E-state index in [1.807, 2.05) is 6.92 Å². The number of rotatable bonds is 2. The minimum atomic E-state index is -0.439. The molecule has 7 nitrogen and oxygen atoms in total. The fraction of sp³-hybridized carbons (Fsp3) is 0.643. The molecule has 0 N–H and O–H groups in total. The van der Waals surface area contributed by atoms with Crippen LogP contribution in [0.15, 0.2) is 12.3 Å². The van der Waals surface area contributed by atoms with Gasteiger partial charge in [-0.2, -0.15) is 0 Å². The number of hydrogen-bond acceptors (Lipinski definition) is 6. The van der Waals surface area contributed by atoms with Crippen molar-refractivity contribution in [2.24, 2.45) is 0 Å². The Morgan fingerprint density at radius 1 is 1.48 bits per heavy atom. The first-order valence-electron chi connectivity index (χ1n) is 7.17. The van der Waals surface area contributed by atoms with E-state index in [0.717, 1.165) is 31.7 Å². The SMILES string of the molecule is Cc1cc(N2CCC3(CC2)OCC(C)O3)ncc1[N+](=O)[O-]. The Kier molecular flexibility index (Phi) is 3.54. The minimum absolute atomic E-state index is 0.0588. The molecule has 0 saturated carbocycles. The topological polar surface area (TPSA) is 77.7 Å². The molecule has 2 aliphatic rings. The van der Waals surface area contributed by atoms with Crippen molar-refractivity contribution < 1.29 is 14.4 Å². The van der Waals surface area contributed by atoms with Gasteiger partial charge in [0.1, 0.15) is 12.0 Å². The molecule has 0 aromatic carbocycles. The number of pyridine rings is 1. The van der Waals surface area contributed by atoms with E-state index in [1.165, 1.54) is 6.20 Å². The third kappa shape index (κ3) is 2.71. The molecular formula is C14H19N3O4. The zero-order chi connectivity index (χ0) is 15.0. The number of piperidine rings is 1. The summed E-state index contributed by atoms with van der Waals surface area (Å²) in [6.45, 7) is 5.95. The van der Waals surface area contributed by atoms with Gasteiger partial charge in [-0.05, 0) is 19.9 Å². The highest BCUT2D eigenvalue weighted by atomic mass is 16.7. The van der Waals surface area contributed by atoms with E-state index < -0.39 is 10.7 Å². The van der Waals surface area contributed by atoms with Crippen LogP contribution in [-0.4, -0.2) is 41.5 Å². The number of anilines is 1. The van der Waals surface area contributed by atoms with Crippen molar-refractivity contribution in [3.05, 3.63) is 27.9 Å². The average molecular weight is 293 g/mol. The highest BCUT2D eigenvalue weighted by Gasteiger charge is 2.42. The molecule has 0 amide bonds. The third-order valence-electron chi connectivity index (χ3n) is 4.11. The summed E-state index contributed by atoms with van der Waals surface area (Å²) in [5.41, 5.74) is 0.691. The van der Waals surface area contributed by atoms with Crippen LogP contribution in [0, 0.1) is 17.0 Å². The second kappa shape index (κ2) is 5.23. The van der Waals surface area contributed by atoms with Gasteiger partial charge in [-0.1, -0.05) is 0 Å². The molecule has 3 heterocycles. The van der Waals surface area contributed by atoms with Crippen molar-refractivity contribution in [3.63, 3.8) is 0 Å². The van der Waals surface area contributed by atoms with Gasteiger partial charge in [0.15, 0.2) is 5.79 Å². The molecule has 2 aliphatic heterocycles. The molecule has 1 spiro atoms. The molecule has 1 unspecified atom stereocenters. The monoisotopic (exact) mass is 293 g/mol. The van der Waals surface area contributed by atoms with E-state index in [-0.39, 0.29) is 11.8 Å². The van der Waals surface area contributed by atoms with Crippen LogP contribution in [0.2, 0.25) is 0 Å². The summed E-state index contributed by atoms with van der Waals surface area (Å²) < 4.78 is 11.7. The van der Waals surface area contributed by atoms with Crippen molar-refractivity contribution in [2.75, 3.05) is 24.6 Å². The molecule has 3 rings (SSSR count). The van der Waals surface area contributed by atoms with Crippen LogP contribution in [-0.2, 0) is 9.47 Å². The van der Waals surface area contributed by atoms with Gasteiger partial charge in [-0.3, -0.25) is 10.1 Å². The highest BCUT2D eigenvalue weighted by molar-refractivity contribution is 5.48. The maximum Gasteiger partial charge on any atom is 0.290 e. The summed E-state index contributed by atoms with van der Waals surface area (Å²) in [5, 5.41) is 10.8. The van der Waals surface area contributed by atoms with Crippen molar-refractivity contribution >= 4 is 11.5 Å². The van der Waals surface area contributed by atoms with Gasteiger partial charge in [0.25, 0.3) is 5.69 Å². The Balaban J connectivity index is 1.70. The lowest BCUT2D eigenvalue weighted by molar-refractivity contribution is -0.385. The summed E-state index contributed by atoms with van der Waals surface area (Å²) >= 11 is 0. The van der Waals surface area contributed by atoms with Gasteiger partial charge in [-0.15, -0.1) is 0 Å². The number of aromatic nitrogens is 1. The molecule has 2 saturated heterocycles. The maximum atomic E-state index is 10.8. The Morgan fingerprint density at radius 2 is 2.19 bits per heavy atom. The van der Waals surface area contributed by atoms with E-state index in [2.05, 4.69) is 9.88 Å². The largest absolute Gasteiger partial charge is 0.356 e. The minimum Gasteiger partial charge on any atom is -0.356 e. The molecule has 0 bridgehead atoms. The Hall–Kier alpha value is -1.73. The van der Waals surface area contributed by atoms with Gasteiger partial charge in [0.05, 0.1) is 17.6 Å². The van der Waals surface area contributed by atoms with Crippen LogP contribution in [0.25, 0.3) is 0 Å². The number of aryl methyl sites for hydroxylation is 1. The second-order valence-corrected chi connectivity index (χ2v) is 5.72. The predicted octanol–water partition coefficient (Wildman–Crippen LogP) is 2.03. The van der Waals surface area contributed by atoms with Gasteiger partial charge in [0, 0.05) is 31.5 Å². The fourth-order valence-corrected chi connectivity index (χ4v) is 2.94. The zero-order valence-electron chi connectivity index (χ0n) is 12.2. The van der Waals surface area contributed by atoms with E-state index >= 15 is 0 Å². The Labute approximate surface area is 123 Å². The lowest BCUT2D eigenvalue weighted by atomic mass is 10.0. The summed E-state index contributed by atoms with van der Waals surface area (Å²) in [5.74, 6) is 0.338. The van der Waals surface area contributed by atoms with E-state index in [9.17, 15) is 10.1 Å². The van der Waals surface area contributed by atoms with Crippen LogP contribution in [0.4, 0.5) is 11.5 Å². The lowest BCUT2D eigenvalue weighted by Crippen LogP contribution is -2.45. The van der Waals surface area contributed by atoms with E-state index in [0.29, 0.717) is 12.2 Å². The molecule has 114 valence electrons. The van der Waals surface area contributed by atoms with Crippen LogP contribution in [0.5, 0.6) is 0 Å². The van der Waals surface area contributed by atoms with Crippen LogP contribution in [0.3, 0.4) is 0 Å².